The smallest absolute Gasteiger partial charge is 0.272 e. The average molecular weight is 190 g/mol. The molecule has 0 N–H and O–H groups in total. The van der Waals surface area contributed by atoms with Crippen LogP contribution in [0.15, 0.2) is 24.4 Å². The van der Waals surface area contributed by atoms with Crippen molar-refractivity contribution in [3.05, 3.63) is 30.1 Å². The minimum atomic E-state index is -0.156. The van der Waals surface area contributed by atoms with Gasteiger partial charge in [-0.1, -0.05) is 6.07 Å². The number of likely N-dealkylation sites (tertiary alicyclic amines) is 1. The fourth-order valence-electron chi connectivity index (χ4n) is 1.46. The Hall–Kier alpha value is -1.71. The standard InChI is InChI=1S/C10H10N2O2/c13-8-4-6-12(7-8)10(14)9-3-1-2-5-11-9/h1-3,5H,4,6-7H2. The second kappa shape index (κ2) is 3.57. The van der Waals surface area contributed by atoms with E-state index in [0.29, 0.717) is 18.7 Å². The van der Waals surface area contributed by atoms with E-state index in [1.165, 1.54) is 4.90 Å². The Morgan fingerprint density at radius 2 is 2.29 bits per heavy atom. The Morgan fingerprint density at radius 1 is 1.43 bits per heavy atom. The third kappa shape index (κ3) is 1.64. The van der Waals surface area contributed by atoms with Crippen molar-refractivity contribution in [2.24, 2.45) is 0 Å². The van der Waals surface area contributed by atoms with Crippen molar-refractivity contribution in [1.82, 2.24) is 9.88 Å². The molecule has 4 heteroatoms. The van der Waals surface area contributed by atoms with Crippen molar-refractivity contribution < 1.29 is 9.59 Å². The first kappa shape index (κ1) is 8.87. The predicted molar refractivity (Wildman–Crippen MR) is 49.8 cm³/mol. The maximum absolute atomic E-state index is 11.7. The number of amides is 1. The van der Waals surface area contributed by atoms with Gasteiger partial charge in [0.15, 0.2) is 5.78 Å². The number of aromatic nitrogens is 1. The monoisotopic (exact) mass is 190 g/mol. The van der Waals surface area contributed by atoms with Crippen molar-refractivity contribution in [1.29, 1.82) is 0 Å². The predicted octanol–water partition coefficient (Wildman–Crippen LogP) is 0.497. The molecule has 72 valence electrons. The molecule has 0 spiro atoms. The van der Waals surface area contributed by atoms with Crippen molar-refractivity contribution in [2.75, 3.05) is 13.1 Å². The highest BCUT2D eigenvalue weighted by atomic mass is 16.2. The Kier molecular flexibility index (Phi) is 2.26. The van der Waals surface area contributed by atoms with Gasteiger partial charge in [0.1, 0.15) is 5.69 Å². The van der Waals surface area contributed by atoms with E-state index in [4.69, 9.17) is 0 Å². The molecule has 1 fully saturated rings. The molecule has 0 radical (unpaired) electrons. The van der Waals surface area contributed by atoms with Crippen LogP contribution in [0.3, 0.4) is 0 Å². The summed E-state index contributed by atoms with van der Waals surface area (Å²) < 4.78 is 0. The first-order valence-corrected chi connectivity index (χ1v) is 4.49. The number of Topliss-reactive ketones (excluding diaryl/α,β-unsaturated/α-hetero) is 1. The number of carbonyl (C=O) groups excluding carboxylic acids is 2. The zero-order valence-corrected chi connectivity index (χ0v) is 7.64. The van der Waals surface area contributed by atoms with E-state index in [0.717, 1.165) is 0 Å². The van der Waals surface area contributed by atoms with Gasteiger partial charge in [-0.3, -0.25) is 14.6 Å². The highest BCUT2D eigenvalue weighted by molar-refractivity contribution is 5.97. The largest absolute Gasteiger partial charge is 0.330 e. The SMILES string of the molecule is O=C1CCN(C(=O)c2ccccn2)C1. The molecule has 1 amide bonds. The van der Waals surface area contributed by atoms with Gasteiger partial charge in [-0.15, -0.1) is 0 Å². The normalized spacial score (nSPS) is 16.0. The number of nitrogens with zero attached hydrogens (tertiary/aromatic N) is 2. The van der Waals surface area contributed by atoms with Crippen LogP contribution in [0.2, 0.25) is 0 Å². The Labute approximate surface area is 81.6 Å². The number of hydrogen-bond acceptors (Lipinski definition) is 3. The molecule has 0 bridgehead atoms. The van der Waals surface area contributed by atoms with E-state index in [1.54, 1.807) is 24.4 Å². The maximum atomic E-state index is 11.7. The first-order valence-electron chi connectivity index (χ1n) is 4.49. The number of ketones is 1. The molecule has 0 aliphatic carbocycles. The molecule has 0 saturated carbocycles. The van der Waals surface area contributed by atoms with Gasteiger partial charge in [0.2, 0.25) is 0 Å². The molecule has 4 nitrogen and oxygen atoms in total. The first-order chi connectivity index (χ1) is 6.77. The van der Waals surface area contributed by atoms with Gasteiger partial charge in [0.05, 0.1) is 6.54 Å². The van der Waals surface area contributed by atoms with E-state index in [-0.39, 0.29) is 18.2 Å². The summed E-state index contributed by atoms with van der Waals surface area (Å²) in [7, 11) is 0. The van der Waals surface area contributed by atoms with Crippen LogP contribution in [-0.2, 0) is 4.79 Å². The van der Waals surface area contributed by atoms with Gasteiger partial charge in [0, 0.05) is 19.2 Å². The van der Waals surface area contributed by atoms with E-state index >= 15 is 0 Å². The molecule has 1 saturated heterocycles. The second-order valence-corrected chi connectivity index (χ2v) is 3.23. The van der Waals surface area contributed by atoms with Gasteiger partial charge in [-0.2, -0.15) is 0 Å². The average Bonchev–Trinajstić information content (AvgIpc) is 2.65. The van der Waals surface area contributed by atoms with Crippen LogP contribution in [-0.4, -0.2) is 34.7 Å². The van der Waals surface area contributed by atoms with E-state index in [2.05, 4.69) is 4.98 Å². The number of carbonyl (C=O) groups is 2. The van der Waals surface area contributed by atoms with Crippen LogP contribution >= 0.6 is 0 Å². The Morgan fingerprint density at radius 3 is 2.86 bits per heavy atom. The van der Waals surface area contributed by atoms with Crippen LogP contribution in [0.1, 0.15) is 16.9 Å². The fraction of sp³-hybridized carbons (Fsp3) is 0.300. The number of pyridine rings is 1. The summed E-state index contributed by atoms with van der Waals surface area (Å²) in [6, 6.07) is 5.18. The van der Waals surface area contributed by atoms with Crippen molar-refractivity contribution in [3.8, 4) is 0 Å². The molecule has 2 rings (SSSR count). The molecule has 0 unspecified atom stereocenters. The third-order valence-electron chi connectivity index (χ3n) is 2.20. The summed E-state index contributed by atoms with van der Waals surface area (Å²) in [6.07, 6.45) is 2.05. The maximum Gasteiger partial charge on any atom is 0.272 e. The zero-order chi connectivity index (χ0) is 9.97. The molecule has 14 heavy (non-hydrogen) atoms. The van der Waals surface area contributed by atoms with Crippen LogP contribution in [0, 0.1) is 0 Å². The van der Waals surface area contributed by atoms with E-state index in [1.807, 2.05) is 0 Å². The lowest BCUT2D eigenvalue weighted by atomic mass is 10.3. The summed E-state index contributed by atoms with van der Waals surface area (Å²) in [5, 5.41) is 0. The summed E-state index contributed by atoms with van der Waals surface area (Å²) in [5.74, 6) is -0.0364. The molecule has 1 aliphatic heterocycles. The quantitative estimate of drug-likeness (QED) is 0.647. The Balaban J connectivity index is 2.13. The second-order valence-electron chi connectivity index (χ2n) is 3.23. The lowest BCUT2D eigenvalue weighted by Crippen LogP contribution is -2.29. The lowest BCUT2D eigenvalue weighted by molar-refractivity contribution is -0.116. The highest BCUT2D eigenvalue weighted by Gasteiger charge is 2.25. The van der Waals surface area contributed by atoms with E-state index < -0.39 is 0 Å². The van der Waals surface area contributed by atoms with Gasteiger partial charge < -0.3 is 4.90 Å². The number of hydrogen-bond donors (Lipinski definition) is 0. The fourth-order valence-corrected chi connectivity index (χ4v) is 1.46. The topological polar surface area (TPSA) is 50.3 Å². The van der Waals surface area contributed by atoms with Crippen molar-refractivity contribution in [2.45, 2.75) is 6.42 Å². The molecule has 0 atom stereocenters. The van der Waals surface area contributed by atoms with Gasteiger partial charge >= 0.3 is 0 Å². The van der Waals surface area contributed by atoms with Crippen LogP contribution in [0.25, 0.3) is 0 Å². The van der Waals surface area contributed by atoms with Crippen LogP contribution < -0.4 is 0 Å². The van der Waals surface area contributed by atoms with Crippen molar-refractivity contribution >= 4 is 11.7 Å². The minimum absolute atomic E-state index is 0.120. The Bertz CT molecular complexity index is 362. The van der Waals surface area contributed by atoms with Gasteiger partial charge in [0.25, 0.3) is 5.91 Å². The van der Waals surface area contributed by atoms with Crippen LogP contribution in [0.5, 0.6) is 0 Å². The summed E-state index contributed by atoms with van der Waals surface area (Å²) in [4.78, 5) is 28.2. The van der Waals surface area contributed by atoms with Crippen molar-refractivity contribution in [3.63, 3.8) is 0 Å². The van der Waals surface area contributed by atoms with Gasteiger partial charge in [-0.05, 0) is 12.1 Å². The molecular weight excluding hydrogens is 180 g/mol. The van der Waals surface area contributed by atoms with Crippen LogP contribution in [0.4, 0.5) is 0 Å². The summed E-state index contributed by atoms with van der Waals surface area (Å²) >= 11 is 0. The summed E-state index contributed by atoms with van der Waals surface area (Å²) in [6.45, 7) is 0.754. The molecule has 0 aromatic carbocycles. The minimum Gasteiger partial charge on any atom is -0.330 e. The summed E-state index contributed by atoms with van der Waals surface area (Å²) in [5.41, 5.74) is 0.405. The van der Waals surface area contributed by atoms with Gasteiger partial charge in [-0.25, -0.2) is 0 Å². The zero-order valence-electron chi connectivity index (χ0n) is 7.64. The van der Waals surface area contributed by atoms with E-state index in [9.17, 15) is 9.59 Å². The number of rotatable bonds is 1. The third-order valence-corrected chi connectivity index (χ3v) is 2.20. The molecule has 1 aromatic heterocycles. The highest BCUT2D eigenvalue weighted by Crippen LogP contribution is 2.08. The molecular formula is C10H10N2O2. The molecule has 1 aromatic rings. The lowest BCUT2D eigenvalue weighted by Gasteiger charge is -2.12. The molecule has 1 aliphatic rings. The molecule has 2 heterocycles.